The van der Waals surface area contributed by atoms with Gasteiger partial charge in [0.15, 0.2) is 5.82 Å². The van der Waals surface area contributed by atoms with Crippen LogP contribution in [0.1, 0.15) is 29.8 Å². The van der Waals surface area contributed by atoms with E-state index in [4.69, 9.17) is 4.74 Å². The second kappa shape index (κ2) is 8.26. The number of hydrogen-bond donors (Lipinski definition) is 0. The van der Waals surface area contributed by atoms with Gasteiger partial charge >= 0.3 is 0 Å². The summed E-state index contributed by atoms with van der Waals surface area (Å²) < 4.78 is 7.97. The summed E-state index contributed by atoms with van der Waals surface area (Å²) in [6.45, 7) is 5.42. The molecule has 2 aromatic heterocycles. The molecule has 0 N–H and O–H groups in total. The van der Waals surface area contributed by atoms with E-state index in [0.29, 0.717) is 6.54 Å². The number of likely N-dealkylation sites (tertiary alicyclic amines) is 1. The van der Waals surface area contributed by atoms with Crippen LogP contribution < -0.4 is 4.74 Å². The van der Waals surface area contributed by atoms with E-state index in [1.54, 1.807) is 6.20 Å². The standard InChI is InChI=1S/C20H24N6O/c1-16-6-5-11-21-20(16)27-18-9-12-25(13-10-18)15-19-22-23-24-26(19)14-17-7-3-2-4-8-17/h2-8,11,18H,9-10,12-15H2,1H3. The molecule has 0 atom stereocenters. The van der Waals surface area contributed by atoms with Crippen molar-refractivity contribution in [3.8, 4) is 5.88 Å². The van der Waals surface area contributed by atoms with Gasteiger partial charge in [0.2, 0.25) is 5.88 Å². The lowest BCUT2D eigenvalue weighted by Gasteiger charge is -2.31. The van der Waals surface area contributed by atoms with Gasteiger partial charge in [-0.2, -0.15) is 0 Å². The van der Waals surface area contributed by atoms with Gasteiger partial charge in [-0.3, -0.25) is 4.90 Å². The Balaban J connectivity index is 1.31. The summed E-state index contributed by atoms with van der Waals surface area (Å²) in [6, 6.07) is 14.2. The third kappa shape index (κ3) is 4.49. The molecule has 0 spiro atoms. The predicted octanol–water partition coefficient (Wildman–Crippen LogP) is 2.47. The molecule has 7 nitrogen and oxygen atoms in total. The highest BCUT2D eigenvalue weighted by Crippen LogP contribution is 2.20. The quantitative estimate of drug-likeness (QED) is 0.669. The Bertz CT molecular complexity index is 858. The second-order valence-corrected chi connectivity index (χ2v) is 6.96. The van der Waals surface area contributed by atoms with Gasteiger partial charge in [-0.1, -0.05) is 36.4 Å². The van der Waals surface area contributed by atoms with Gasteiger partial charge in [0.1, 0.15) is 6.10 Å². The third-order valence-corrected chi connectivity index (χ3v) is 4.92. The number of aryl methyl sites for hydroxylation is 1. The molecular weight excluding hydrogens is 340 g/mol. The Morgan fingerprint density at radius 3 is 2.63 bits per heavy atom. The van der Waals surface area contributed by atoms with Crippen LogP contribution in [0.25, 0.3) is 0 Å². The molecule has 140 valence electrons. The van der Waals surface area contributed by atoms with Crippen molar-refractivity contribution >= 4 is 0 Å². The van der Waals surface area contributed by atoms with Gasteiger partial charge in [-0.25, -0.2) is 9.67 Å². The second-order valence-electron chi connectivity index (χ2n) is 6.96. The molecular formula is C20H24N6O. The monoisotopic (exact) mass is 364 g/mol. The predicted molar refractivity (Wildman–Crippen MR) is 101 cm³/mol. The largest absolute Gasteiger partial charge is 0.474 e. The van der Waals surface area contributed by atoms with Crippen LogP contribution in [0.4, 0.5) is 0 Å². The summed E-state index contributed by atoms with van der Waals surface area (Å²) in [7, 11) is 0. The first-order valence-corrected chi connectivity index (χ1v) is 9.37. The molecule has 0 saturated carbocycles. The molecule has 0 aliphatic carbocycles. The van der Waals surface area contributed by atoms with E-state index in [2.05, 4.69) is 37.5 Å². The number of ether oxygens (including phenoxy) is 1. The van der Waals surface area contributed by atoms with Gasteiger partial charge in [-0.05, 0) is 41.8 Å². The summed E-state index contributed by atoms with van der Waals surface area (Å²) in [5, 5.41) is 12.2. The van der Waals surface area contributed by atoms with E-state index in [-0.39, 0.29) is 6.10 Å². The molecule has 0 bridgehead atoms. The highest BCUT2D eigenvalue weighted by Gasteiger charge is 2.23. The fourth-order valence-corrected chi connectivity index (χ4v) is 3.35. The van der Waals surface area contributed by atoms with Crippen LogP contribution >= 0.6 is 0 Å². The van der Waals surface area contributed by atoms with Gasteiger partial charge in [0.25, 0.3) is 0 Å². The van der Waals surface area contributed by atoms with E-state index in [1.807, 2.05) is 41.9 Å². The molecule has 1 fully saturated rings. The lowest BCUT2D eigenvalue weighted by molar-refractivity contribution is 0.0905. The molecule has 1 aromatic carbocycles. The van der Waals surface area contributed by atoms with Crippen molar-refractivity contribution < 1.29 is 4.74 Å². The normalized spacial score (nSPS) is 15.7. The minimum atomic E-state index is 0.218. The molecule has 1 aliphatic heterocycles. The van der Waals surface area contributed by atoms with E-state index in [0.717, 1.165) is 49.7 Å². The van der Waals surface area contributed by atoms with Crippen LogP contribution in [0.2, 0.25) is 0 Å². The minimum absolute atomic E-state index is 0.218. The van der Waals surface area contributed by atoms with E-state index >= 15 is 0 Å². The van der Waals surface area contributed by atoms with Crippen molar-refractivity contribution in [2.75, 3.05) is 13.1 Å². The SMILES string of the molecule is Cc1cccnc1OC1CCN(Cc2nnnn2Cc2ccccc2)CC1. The van der Waals surface area contributed by atoms with Crippen molar-refractivity contribution in [1.82, 2.24) is 30.1 Å². The maximum Gasteiger partial charge on any atom is 0.216 e. The molecule has 27 heavy (non-hydrogen) atoms. The van der Waals surface area contributed by atoms with Crippen LogP contribution in [0, 0.1) is 6.92 Å². The molecule has 0 unspecified atom stereocenters. The summed E-state index contributed by atoms with van der Waals surface area (Å²) in [6.07, 6.45) is 3.96. The maximum absolute atomic E-state index is 6.09. The number of rotatable bonds is 6. The Hall–Kier alpha value is -2.80. The fraction of sp³-hybridized carbons (Fsp3) is 0.400. The molecule has 4 rings (SSSR count). The van der Waals surface area contributed by atoms with Crippen molar-refractivity contribution in [3.05, 3.63) is 65.6 Å². The Kier molecular flexibility index (Phi) is 5.39. The first-order valence-electron chi connectivity index (χ1n) is 9.37. The Morgan fingerprint density at radius 2 is 1.85 bits per heavy atom. The van der Waals surface area contributed by atoms with Crippen molar-refractivity contribution in [2.24, 2.45) is 0 Å². The van der Waals surface area contributed by atoms with Crippen LogP contribution in [0.15, 0.2) is 48.7 Å². The zero-order valence-corrected chi connectivity index (χ0v) is 15.5. The number of aromatic nitrogens is 5. The van der Waals surface area contributed by atoms with Gasteiger partial charge in [0.05, 0.1) is 13.1 Å². The molecule has 0 amide bonds. The highest BCUT2D eigenvalue weighted by molar-refractivity contribution is 5.23. The van der Waals surface area contributed by atoms with Gasteiger partial charge in [-0.15, -0.1) is 5.10 Å². The zero-order chi connectivity index (χ0) is 18.5. The number of benzene rings is 1. The molecule has 1 aliphatic rings. The van der Waals surface area contributed by atoms with Gasteiger partial charge < -0.3 is 4.74 Å². The fourth-order valence-electron chi connectivity index (χ4n) is 3.35. The van der Waals surface area contributed by atoms with Crippen LogP contribution in [-0.2, 0) is 13.1 Å². The van der Waals surface area contributed by atoms with E-state index in [9.17, 15) is 0 Å². The number of hydrogen-bond acceptors (Lipinski definition) is 6. The van der Waals surface area contributed by atoms with Crippen LogP contribution in [0.5, 0.6) is 5.88 Å². The average molecular weight is 364 g/mol. The summed E-state index contributed by atoms with van der Waals surface area (Å²) >= 11 is 0. The molecule has 1 saturated heterocycles. The average Bonchev–Trinajstić information content (AvgIpc) is 3.12. The van der Waals surface area contributed by atoms with Crippen LogP contribution in [-0.4, -0.2) is 49.3 Å². The topological polar surface area (TPSA) is 69.0 Å². The molecule has 7 heteroatoms. The summed E-state index contributed by atoms with van der Waals surface area (Å²) in [5.41, 5.74) is 2.28. The Labute approximate surface area is 159 Å². The number of pyridine rings is 1. The van der Waals surface area contributed by atoms with Crippen molar-refractivity contribution in [1.29, 1.82) is 0 Å². The molecule has 0 radical (unpaired) electrons. The minimum Gasteiger partial charge on any atom is -0.474 e. The summed E-state index contributed by atoms with van der Waals surface area (Å²) in [5.74, 6) is 1.65. The third-order valence-electron chi connectivity index (χ3n) is 4.92. The first-order chi connectivity index (χ1) is 13.3. The molecule has 3 heterocycles. The zero-order valence-electron chi connectivity index (χ0n) is 15.5. The first kappa shape index (κ1) is 17.6. The van der Waals surface area contributed by atoms with E-state index < -0.39 is 0 Å². The van der Waals surface area contributed by atoms with Gasteiger partial charge in [0, 0.05) is 24.8 Å². The number of tetrazole rings is 1. The van der Waals surface area contributed by atoms with E-state index in [1.165, 1.54) is 5.56 Å². The van der Waals surface area contributed by atoms with Crippen molar-refractivity contribution in [3.63, 3.8) is 0 Å². The number of nitrogens with zero attached hydrogens (tertiary/aromatic N) is 6. The number of piperidine rings is 1. The Morgan fingerprint density at radius 1 is 1.04 bits per heavy atom. The smallest absolute Gasteiger partial charge is 0.216 e. The maximum atomic E-state index is 6.09. The highest BCUT2D eigenvalue weighted by atomic mass is 16.5. The lowest BCUT2D eigenvalue weighted by Crippen LogP contribution is -2.38. The lowest BCUT2D eigenvalue weighted by atomic mass is 10.1. The molecule has 3 aromatic rings. The van der Waals surface area contributed by atoms with Crippen LogP contribution in [0.3, 0.4) is 0 Å². The summed E-state index contributed by atoms with van der Waals surface area (Å²) in [4.78, 5) is 6.73. The van der Waals surface area contributed by atoms with Crippen molar-refractivity contribution in [2.45, 2.75) is 39.0 Å².